The van der Waals surface area contributed by atoms with Crippen LogP contribution >= 0.6 is 23.2 Å². The number of benzene rings is 1. The zero-order valence-electron chi connectivity index (χ0n) is 11.6. The Labute approximate surface area is 138 Å². The van der Waals surface area contributed by atoms with Crippen LogP contribution in [-0.2, 0) is 14.8 Å². The Morgan fingerprint density at radius 3 is 2.41 bits per heavy atom. The van der Waals surface area contributed by atoms with Crippen molar-refractivity contribution in [2.45, 2.75) is 30.2 Å². The molecule has 3 unspecified atom stereocenters. The van der Waals surface area contributed by atoms with Gasteiger partial charge < -0.3 is 5.11 Å². The van der Waals surface area contributed by atoms with Gasteiger partial charge in [-0.3, -0.25) is 4.79 Å². The molecule has 8 heteroatoms. The van der Waals surface area contributed by atoms with Crippen LogP contribution in [0.1, 0.15) is 19.3 Å². The Balaban J connectivity index is 2.02. The summed E-state index contributed by atoms with van der Waals surface area (Å²) >= 11 is 11.7. The summed E-state index contributed by atoms with van der Waals surface area (Å²) in [7, 11) is -3.94. The van der Waals surface area contributed by atoms with E-state index in [1.54, 1.807) is 0 Å². The zero-order chi connectivity index (χ0) is 16.1. The normalized spacial score (nSPS) is 28.7. The van der Waals surface area contributed by atoms with Gasteiger partial charge in [0.05, 0.1) is 4.90 Å². The minimum Gasteiger partial charge on any atom is -0.480 e. The molecule has 0 radical (unpaired) electrons. The second kappa shape index (κ2) is 5.67. The molecular formula is C14H15Cl2NO4S. The summed E-state index contributed by atoms with van der Waals surface area (Å²) in [5.41, 5.74) is 0. The maximum atomic E-state index is 12.8. The van der Waals surface area contributed by atoms with Gasteiger partial charge in [0.15, 0.2) is 0 Å². The van der Waals surface area contributed by atoms with E-state index in [2.05, 4.69) is 0 Å². The number of hydrogen-bond donors (Lipinski definition) is 1. The first-order chi connectivity index (χ1) is 10.3. The number of sulfonamides is 1. The van der Waals surface area contributed by atoms with Crippen LogP contribution in [0.25, 0.3) is 0 Å². The lowest BCUT2D eigenvalue weighted by Gasteiger charge is -2.24. The number of carbonyl (C=O) groups is 1. The molecule has 2 fully saturated rings. The highest BCUT2D eigenvalue weighted by molar-refractivity contribution is 7.89. The predicted molar refractivity (Wildman–Crippen MR) is 82.6 cm³/mol. The van der Waals surface area contributed by atoms with Gasteiger partial charge in [0.1, 0.15) is 6.04 Å². The first-order valence-electron chi connectivity index (χ1n) is 7.01. The van der Waals surface area contributed by atoms with Crippen LogP contribution in [0.5, 0.6) is 0 Å². The average Bonchev–Trinajstić information content (AvgIpc) is 2.96. The van der Waals surface area contributed by atoms with Crippen LogP contribution in [0.2, 0.25) is 10.0 Å². The van der Waals surface area contributed by atoms with Gasteiger partial charge in [-0.05, 0) is 42.9 Å². The van der Waals surface area contributed by atoms with Crippen LogP contribution in [0, 0.1) is 11.8 Å². The van der Waals surface area contributed by atoms with Crippen LogP contribution in [0.4, 0.5) is 0 Å². The van der Waals surface area contributed by atoms with E-state index in [0.717, 1.165) is 23.6 Å². The quantitative estimate of drug-likeness (QED) is 0.895. The maximum absolute atomic E-state index is 12.8. The van der Waals surface area contributed by atoms with Crippen molar-refractivity contribution in [2.75, 3.05) is 6.54 Å². The van der Waals surface area contributed by atoms with Crippen molar-refractivity contribution < 1.29 is 18.3 Å². The van der Waals surface area contributed by atoms with E-state index in [0.29, 0.717) is 0 Å². The summed E-state index contributed by atoms with van der Waals surface area (Å²) in [4.78, 5) is 11.5. The van der Waals surface area contributed by atoms with Crippen molar-refractivity contribution in [1.82, 2.24) is 4.31 Å². The smallest absolute Gasteiger partial charge is 0.322 e. The van der Waals surface area contributed by atoms with Crippen molar-refractivity contribution in [1.29, 1.82) is 0 Å². The first-order valence-corrected chi connectivity index (χ1v) is 9.21. The fourth-order valence-corrected chi connectivity index (χ4v) is 6.04. The Morgan fingerprint density at radius 2 is 1.82 bits per heavy atom. The molecule has 0 aromatic heterocycles. The second-order valence-corrected chi connectivity index (χ2v) is 8.58. The zero-order valence-corrected chi connectivity index (χ0v) is 13.9. The van der Waals surface area contributed by atoms with Gasteiger partial charge in [0.25, 0.3) is 0 Å². The van der Waals surface area contributed by atoms with E-state index >= 15 is 0 Å². The lowest BCUT2D eigenvalue weighted by Crippen LogP contribution is -2.43. The third-order valence-electron chi connectivity index (χ3n) is 4.54. The summed E-state index contributed by atoms with van der Waals surface area (Å²) in [5.74, 6) is -1.08. The Kier molecular flexibility index (Phi) is 4.14. The summed E-state index contributed by atoms with van der Waals surface area (Å²) < 4.78 is 26.8. The molecule has 0 bridgehead atoms. The van der Waals surface area contributed by atoms with Gasteiger partial charge >= 0.3 is 5.97 Å². The highest BCUT2D eigenvalue weighted by atomic mass is 35.5. The molecule has 1 aliphatic carbocycles. The van der Waals surface area contributed by atoms with Crippen molar-refractivity contribution in [3.63, 3.8) is 0 Å². The predicted octanol–water partition coefficient (Wildman–Crippen LogP) is 2.87. The molecule has 120 valence electrons. The van der Waals surface area contributed by atoms with Crippen LogP contribution < -0.4 is 0 Å². The molecule has 2 aliphatic rings. The van der Waals surface area contributed by atoms with Gasteiger partial charge in [-0.1, -0.05) is 29.6 Å². The number of aliphatic carboxylic acids is 1. The lowest BCUT2D eigenvalue weighted by molar-refractivity contribution is -0.142. The number of nitrogens with zero attached hydrogens (tertiary/aromatic N) is 1. The number of rotatable bonds is 3. The Hall–Kier alpha value is -0.820. The van der Waals surface area contributed by atoms with Gasteiger partial charge in [0.2, 0.25) is 10.0 Å². The van der Waals surface area contributed by atoms with E-state index in [1.807, 2.05) is 0 Å². The lowest BCUT2D eigenvalue weighted by atomic mass is 9.94. The van der Waals surface area contributed by atoms with E-state index in [9.17, 15) is 18.3 Å². The molecule has 1 aromatic carbocycles. The number of fused-ring (bicyclic) bond motifs is 1. The van der Waals surface area contributed by atoms with Crippen molar-refractivity contribution in [3.05, 3.63) is 28.2 Å². The molecule has 22 heavy (non-hydrogen) atoms. The molecule has 1 saturated carbocycles. The highest BCUT2D eigenvalue weighted by Gasteiger charge is 2.52. The van der Waals surface area contributed by atoms with E-state index in [4.69, 9.17) is 23.2 Å². The van der Waals surface area contributed by atoms with E-state index in [-0.39, 0.29) is 33.3 Å². The van der Waals surface area contributed by atoms with Crippen LogP contribution in [0.15, 0.2) is 23.1 Å². The summed E-state index contributed by atoms with van der Waals surface area (Å²) in [6, 6.07) is 3.04. The molecule has 3 rings (SSSR count). The minimum atomic E-state index is -3.94. The third kappa shape index (κ3) is 2.62. The van der Waals surface area contributed by atoms with Crippen molar-refractivity contribution in [3.8, 4) is 0 Å². The molecule has 1 saturated heterocycles. The minimum absolute atomic E-state index is 0.0591. The van der Waals surface area contributed by atoms with E-state index < -0.39 is 22.0 Å². The monoisotopic (exact) mass is 363 g/mol. The first kappa shape index (κ1) is 16.1. The molecule has 1 aliphatic heterocycles. The second-order valence-electron chi connectivity index (χ2n) is 5.82. The summed E-state index contributed by atoms with van der Waals surface area (Å²) in [6.07, 6.45) is 2.58. The molecule has 5 nitrogen and oxygen atoms in total. The molecular weight excluding hydrogens is 349 g/mol. The Morgan fingerprint density at radius 1 is 1.18 bits per heavy atom. The molecule has 1 aromatic rings. The largest absolute Gasteiger partial charge is 0.480 e. The molecule has 3 atom stereocenters. The number of hydrogen-bond acceptors (Lipinski definition) is 3. The fraction of sp³-hybridized carbons (Fsp3) is 0.500. The topological polar surface area (TPSA) is 74.7 Å². The van der Waals surface area contributed by atoms with E-state index in [1.165, 1.54) is 18.2 Å². The molecule has 0 amide bonds. The van der Waals surface area contributed by atoms with Crippen molar-refractivity contribution in [2.24, 2.45) is 11.8 Å². The van der Waals surface area contributed by atoms with Gasteiger partial charge in [-0.15, -0.1) is 0 Å². The van der Waals surface area contributed by atoms with Gasteiger partial charge in [-0.2, -0.15) is 4.31 Å². The highest BCUT2D eigenvalue weighted by Crippen LogP contribution is 2.44. The molecule has 1 N–H and O–H groups in total. The number of carboxylic acids is 1. The van der Waals surface area contributed by atoms with Crippen molar-refractivity contribution >= 4 is 39.2 Å². The average molecular weight is 364 g/mol. The van der Waals surface area contributed by atoms with Gasteiger partial charge in [0, 0.05) is 16.6 Å². The van der Waals surface area contributed by atoms with Gasteiger partial charge in [-0.25, -0.2) is 8.42 Å². The summed E-state index contributed by atoms with van der Waals surface area (Å²) in [5, 5.41) is 9.90. The van der Waals surface area contributed by atoms with Crippen LogP contribution in [-0.4, -0.2) is 36.4 Å². The molecule has 1 heterocycles. The maximum Gasteiger partial charge on any atom is 0.322 e. The third-order valence-corrected chi connectivity index (χ3v) is 6.81. The number of carboxylic acid groups (broad SMARTS) is 1. The Bertz CT molecular complexity index is 701. The summed E-state index contributed by atoms with van der Waals surface area (Å²) in [6.45, 7) is 0.244. The molecule has 0 spiro atoms. The number of halogens is 2. The SMILES string of the molecule is O=C(O)C1C2CCCC2CN1S(=O)(=O)c1cc(Cl)cc(Cl)c1. The van der Waals surface area contributed by atoms with Crippen LogP contribution in [0.3, 0.4) is 0 Å². The fourth-order valence-electron chi connectivity index (χ4n) is 3.63. The standard InChI is InChI=1S/C14H15Cl2NO4S/c15-9-4-10(16)6-11(5-9)22(20,21)17-7-8-2-1-3-12(8)13(17)14(18)19/h4-6,8,12-13H,1-3,7H2,(H,18,19).